The Kier molecular flexibility index (Phi) is 4.54. The second-order valence-corrected chi connectivity index (χ2v) is 6.34. The Morgan fingerprint density at radius 2 is 2.47 bits per heavy atom. The topological polar surface area (TPSA) is 82.5 Å². The largest absolute Gasteiger partial charge is 0.476 e. The van der Waals surface area contributed by atoms with Crippen molar-refractivity contribution in [3.63, 3.8) is 0 Å². The van der Waals surface area contributed by atoms with Gasteiger partial charge in [-0.15, -0.1) is 11.3 Å². The lowest BCUT2D eigenvalue weighted by Gasteiger charge is -2.35. The number of carbonyl (C=O) groups is 1. The minimum Gasteiger partial charge on any atom is -0.476 e. The van der Waals surface area contributed by atoms with Crippen molar-refractivity contribution >= 4 is 17.3 Å². The van der Waals surface area contributed by atoms with Crippen LogP contribution in [0.25, 0.3) is 0 Å². The van der Waals surface area contributed by atoms with Crippen LogP contribution in [-0.4, -0.2) is 33.3 Å². The summed E-state index contributed by atoms with van der Waals surface area (Å²) in [7, 11) is 0. The van der Waals surface area contributed by atoms with Gasteiger partial charge in [0.25, 0.3) is 0 Å². The fourth-order valence-electron chi connectivity index (χ4n) is 2.70. The lowest BCUT2D eigenvalue weighted by atomic mass is 9.79. The first kappa shape index (κ1) is 14.4. The molecule has 1 saturated carbocycles. The van der Waals surface area contributed by atoms with Crippen molar-refractivity contribution in [2.24, 2.45) is 5.92 Å². The molecule has 0 spiro atoms. The van der Waals surface area contributed by atoms with E-state index in [1.807, 2.05) is 0 Å². The second-order valence-electron chi connectivity index (χ2n) is 5.48. The standard InChI is InChI=1S/C13H20N2O3S/c1-9-3-2-4-13(18,5-9)8-14-6-10-7-19-11(15-10)12(16)17/h7,9,14,18H,2-6,8H2,1H3,(H,16,17). The smallest absolute Gasteiger partial charge is 0.365 e. The molecule has 5 nitrogen and oxygen atoms in total. The van der Waals surface area contributed by atoms with Gasteiger partial charge in [-0.05, 0) is 18.8 Å². The molecule has 0 aromatic carbocycles. The molecular weight excluding hydrogens is 264 g/mol. The molecule has 0 bridgehead atoms. The summed E-state index contributed by atoms with van der Waals surface area (Å²) >= 11 is 1.13. The normalized spacial score (nSPS) is 27.4. The highest BCUT2D eigenvalue weighted by atomic mass is 32.1. The molecule has 2 unspecified atom stereocenters. The summed E-state index contributed by atoms with van der Waals surface area (Å²) in [5, 5.41) is 24.3. The van der Waals surface area contributed by atoms with Crippen LogP contribution in [0.5, 0.6) is 0 Å². The maximum absolute atomic E-state index is 10.7. The van der Waals surface area contributed by atoms with E-state index in [2.05, 4.69) is 17.2 Å². The minimum atomic E-state index is -0.990. The molecule has 0 amide bonds. The second kappa shape index (κ2) is 5.98. The van der Waals surface area contributed by atoms with Gasteiger partial charge >= 0.3 is 5.97 Å². The number of aliphatic hydroxyl groups is 1. The fourth-order valence-corrected chi connectivity index (χ4v) is 3.36. The van der Waals surface area contributed by atoms with Crippen molar-refractivity contribution in [1.29, 1.82) is 0 Å². The number of thiazole rings is 1. The highest BCUT2D eigenvalue weighted by Gasteiger charge is 2.32. The average molecular weight is 284 g/mol. The summed E-state index contributed by atoms with van der Waals surface area (Å²) in [6.07, 6.45) is 3.93. The van der Waals surface area contributed by atoms with Crippen LogP contribution in [-0.2, 0) is 6.54 Å². The van der Waals surface area contributed by atoms with Crippen LogP contribution < -0.4 is 5.32 Å². The van der Waals surface area contributed by atoms with Crippen LogP contribution >= 0.6 is 11.3 Å². The molecule has 0 saturated heterocycles. The zero-order chi connectivity index (χ0) is 13.9. The predicted octanol–water partition coefficient (Wildman–Crippen LogP) is 1.87. The molecule has 1 heterocycles. The third-order valence-corrected chi connectivity index (χ3v) is 4.44. The molecule has 2 atom stereocenters. The number of aromatic nitrogens is 1. The monoisotopic (exact) mass is 284 g/mol. The minimum absolute atomic E-state index is 0.113. The highest BCUT2D eigenvalue weighted by Crippen LogP contribution is 2.31. The van der Waals surface area contributed by atoms with Gasteiger partial charge in [0.2, 0.25) is 5.01 Å². The van der Waals surface area contributed by atoms with E-state index in [0.29, 0.717) is 19.0 Å². The molecule has 1 fully saturated rings. The fraction of sp³-hybridized carbons (Fsp3) is 0.692. The Bertz CT molecular complexity index is 449. The van der Waals surface area contributed by atoms with Crippen molar-refractivity contribution in [3.05, 3.63) is 16.1 Å². The Morgan fingerprint density at radius 1 is 1.68 bits per heavy atom. The number of carboxylic acids is 1. The molecular formula is C13H20N2O3S. The van der Waals surface area contributed by atoms with Gasteiger partial charge in [0, 0.05) is 18.5 Å². The van der Waals surface area contributed by atoms with Crippen molar-refractivity contribution in [2.45, 2.75) is 44.8 Å². The number of aromatic carboxylic acids is 1. The first-order valence-electron chi connectivity index (χ1n) is 6.59. The quantitative estimate of drug-likeness (QED) is 0.769. The van der Waals surface area contributed by atoms with Crippen LogP contribution in [0.2, 0.25) is 0 Å². The molecule has 1 aromatic rings. The summed E-state index contributed by atoms with van der Waals surface area (Å²) in [6.45, 7) is 3.21. The Hall–Kier alpha value is -0.980. The summed E-state index contributed by atoms with van der Waals surface area (Å²) in [4.78, 5) is 14.7. The van der Waals surface area contributed by atoms with Crippen LogP contribution in [0.3, 0.4) is 0 Å². The van der Waals surface area contributed by atoms with E-state index in [-0.39, 0.29) is 5.01 Å². The van der Waals surface area contributed by atoms with Crippen LogP contribution in [0.4, 0.5) is 0 Å². The van der Waals surface area contributed by atoms with Gasteiger partial charge < -0.3 is 15.5 Å². The van der Waals surface area contributed by atoms with Crippen LogP contribution in [0.15, 0.2) is 5.38 Å². The number of hydrogen-bond donors (Lipinski definition) is 3. The van der Waals surface area contributed by atoms with Gasteiger partial charge in [-0.25, -0.2) is 9.78 Å². The van der Waals surface area contributed by atoms with Gasteiger partial charge in [0.1, 0.15) is 0 Å². The SMILES string of the molecule is CC1CCCC(O)(CNCc2csc(C(=O)O)n2)C1. The van der Waals surface area contributed by atoms with Gasteiger partial charge in [-0.1, -0.05) is 19.8 Å². The molecule has 1 aliphatic rings. The molecule has 19 heavy (non-hydrogen) atoms. The molecule has 3 N–H and O–H groups in total. The Labute approximate surface area is 116 Å². The number of hydrogen-bond acceptors (Lipinski definition) is 5. The van der Waals surface area contributed by atoms with Crippen molar-refractivity contribution < 1.29 is 15.0 Å². The predicted molar refractivity (Wildman–Crippen MR) is 73.4 cm³/mol. The number of nitrogens with zero attached hydrogens (tertiary/aromatic N) is 1. The van der Waals surface area contributed by atoms with Crippen molar-refractivity contribution in [2.75, 3.05) is 6.54 Å². The van der Waals surface area contributed by atoms with E-state index in [0.717, 1.165) is 36.3 Å². The van der Waals surface area contributed by atoms with Gasteiger partial charge in [0.15, 0.2) is 0 Å². The van der Waals surface area contributed by atoms with E-state index in [9.17, 15) is 9.90 Å². The lowest BCUT2D eigenvalue weighted by Crippen LogP contribution is -2.43. The number of carboxylic acid groups (broad SMARTS) is 1. The first-order valence-corrected chi connectivity index (χ1v) is 7.47. The first-order chi connectivity index (χ1) is 8.98. The van der Waals surface area contributed by atoms with Crippen molar-refractivity contribution in [3.8, 4) is 0 Å². The van der Waals surface area contributed by atoms with Gasteiger partial charge in [0.05, 0.1) is 11.3 Å². The summed E-state index contributed by atoms with van der Waals surface area (Å²) in [5.41, 5.74) is 0.0958. The zero-order valence-electron chi connectivity index (χ0n) is 11.1. The molecule has 106 valence electrons. The number of nitrogens with one attached hydrogen (secondary N) is 1. The number of rotatable bonds is 5. The van der Waals surface area contributed by atoms with E-state index >= 15 is 0 Å². The lowest BCUT2D eigenvalue weighted by molar-refractivity contribution is -0.0119. The third-order valence-electron chi connectivity index (χ3n) is 3.56. The van der Waals surface area contributed by atoms with Crippen LogP contribution in [0, 0.1) is 5.92 Å². The summed E-state index contributed by atoms with van der Waals surface area (Å²) in [6, 6.07) is 0. The van der Waals surface area contributed by atoms with E-state index in [1.165, 1.54) is 6.42 Å². The Balaban J connectivity index is 1.80. The van der Waals surface area contributed by atoms with Crippen LogP contribution in [0.1, 0.15) is 48.1 Å². The highest BCUT2D eigenvalue weighted by molar-refractivity contribution is 7.11. The molecule has 0 aliphatic heterocycles. The van der Waals surface area contributed by atoms with E-state index in [4.69, 9.17) is 5.11 Å². The van der Waals surface area contributed by atoms with E-state index in [1.54, 1.807) is 5.38 Å². The molecule has 0 radical (unpaired) electrons. The maximum Gasteiger partial charge on any atom is 0.365 e. The average Bonchev–Trinajstić information content (AvgIpc) is 2.77. The maximum atomic E-state index is 10.7. The Morgan fingerprint density at radius 3 is 3.11 bits per heavy atom. The molecule has 1 aromatic heterocycles. The van der Waals surface area contributed by atoms with Gasteiger partial charge in [-0.2, -0.15) is 0 Å². The van der Waals surface area contributed by atoms with E-state index < -0.39 is 11.6 Å². The van der Waals surface area contributed by atoms with Crippen molar-refractivity contribution in [1.82, 2.24) is 10.3 Å². The third kappa shape index (κ3) is 3.99. The molecule has 1 aliphatic carbocycles. The summed E-state index contributed by atoms with van der Waals surface area (Å²) in [5.74, 6) is -0.422. The molecule has 2 rings (SSSR count). The molecule has 6 heteroatoms. The summed E-state index contributed by atoms with van der Waals surface area (Å²) < 4.78 is 0. The van der Waals surface area contributed by atoms with Gasteiger partial charge in [-0.3, -0.25) is 0 Å². The zero-order valence-corrected chi connectivity index (χ0v) is 11.9.